The molecule has 0 radical (unpaired) electrons. The average Bonchev–Trinajstić information content (AvgIpc) is 2.84. The number of amides is 1. The van der Waals surface area contributed by atoms with Gasteiger partial charge in [-0.15, -0.1) is 0 Å². The Bertz CT molecular complexity index is 795. The third-order valence-electron chi connectivity index (χ3n) is 3.96. The van der Waals surface area contributed by atoms with Gasteiger partial charge in [-0.1, -0.05) is 17.4 Å². The van der Waals surface area contributed by atoms with E-state index in [2.05, 4.69) is 5.32 Å². The first kappa shape index (κ1) is 19.1. The van der Waals surface area contributed by atoms with Gasteiger partial charge in [-0.05, 0) is 38.5 Å². The summed E-state index contributed by atoms with van der Waals surface area (Å²) < 4.78 is 12.4. The molecule has 0 unspecified atom stereocenters. The van der Waals surface area contributed by atoms with E-state index in [0.717, 1.165) is 16.1 Å². The van der Waals surface area contributed by atoms with Crippen molar-refractivity contribution in [3.8, 4) is 11.5 Å². The van der Waals surface area contributed by atoms with Crippen molar-refractivity contribution in [1.82, 2.24) is 9.88 Å². The van der Waals surface area contributed by atoms with E-state index in [1.54, 1.807) is 11.7 Å². The number of methoxy groups -OCH3 is 1. The first-order valence-corrected chi connectivity index (χ1v) is 9.01. The molecule has 2 aromatic rings. The zero-order valence-corrected chi connectivity index (χ0v) is 15.9. The number of carbonyl (C=O) groups is 1. The highest BCUT2D eigenvalue weighted by molar-refractivity contribution is 7.09. The molecule has 0 bridgehead atoms. The van der Waals surface area contributed by atoms with Gasteiger partial charge in [0.2, 0.25) is 5.91 Å². The number of nitrogens with zero attached hydrogens (tertiary/aromatic N) is 1. The van der Waals surface area contributed by atoms with Crippen LogP contribution in [0.4, 0.5) is 0 Å². The fourth-order valence-corrected chi connectivity index (χ4v) is 3.30. The number of carbonyl (C=O) groups excluding carboxylic acids is 1. The van der Waals surface area contributed by atoms with Crippen LogP contribution in [0.1, 0.15) is 29.5 Å². The van der Waals surface area contributed by atoms with Gasteiger partial charge in [0, 0.05) is 30.1 Å². The van der Waals surface area contributed by atoms with E-state index in [0.29, 0.717) is 31.2 Å². The van der Waals surface area contributed by atoms with E-state index >= 15 is 0 Å². The van der Waals surface area contributed by atoms with Crippen LogP contribution in [0, 0.1) is 13.8 Å². The van der Waals surface area contributed by atoms with Crippen molar-refractivity contribution in [3.05, 3.63) is 44.0 Å². The SMILES string of the molecule is CCOc1ccc(CNC(=O)CCn2c(C)c(C)sc2=O)cc1OC. The number of hydrogen-bond acceptors (Lipinski definition) is 5. The van der Waals surface area contributed by atoms with Gasteiger partial charge >= 0.3 is 4.87 Å². The molecular weight excluding hydrogens is 340 g/mol. The Kier molecular flexibility index (Phi) is 6.64. The largest absolute Gasteiger partial charge is 0.493 e. The molecule has 25 heavy (non-hydrogen) atoms. The van der Waals surface area contributed by atoms with Gasteiger partial charge in [-0.25, -0.2) is 0 Å². The molecule has 0 aliphatic rings. The molecule has 1 aromatic carbocycles. The zero-order valence-electron chi connectivity index (χ0n) is 15.0. The van der Waals surface area contributed by atoms with Gasteiger partial charge < -0.3 is 19.4 Å². The highest BCUT2D eigenvalue weighted by Crippen LogP contribution is 2.27. The number of nitrogens with one attached hydrogen (secondary N) is 1. The summed E-state index contributed by atoms with van der Waals surface area (Å²) in [6.45, 7) is 7.09. The second kappa shape index (κ2) is 8.71. The number of thiazole rings is 1. The molecule has 1 amide bonds. The Morgan fingerprint density at radius 3 is 2.64 bits per heavy atom. The minimum atomic E-state index is -0.0944. The molecule has 136 valence electrons. The number of ether oxygens (including phenoxy) is 2. The van der Waals surface area contributed by atoms with Crippen LogP contribution >= 0.6 is 11.3 Å². The van der Waals surface area contributed by atoms with E-state index < -0.39 is 0 Å². The fourth-order valence-electron chi connectivity index (χ4n) is 2.44. The van der Waals surface area contributed by atoms with Gasteiger partial charge in [-0.2, -0.15) is 0 Å². The molecule has 0 aliphatic carbocycles. The van der Waals surface area contributed by atoms with Gasteiger partial charge in [-0.3, -0.25) is 9.59 Å². The van der Waals surface area contributed by atoms with Crippen LogP contribution in [0.2, 0.25) is 0 Å². The van der Waals surface area contributed by atoms with Crippen molar-refractivity contribution >= 4 is 17.2 Å². The van der Waals surface area contributed by atoms with E-state index in [1.807, 2.05) is 39.0 Å². The van der Waals surface area contributed by atoms with E-state index in [4.69, 9.17) is 9.47 Å². The molecule has 2 rings (SSSR count). The van der Waals surface area contributed by atoms with Crippen LogP contribution in [-0.2, 0) is 17.9 Å². The molecular formula is C18H24N2O4S. The van der Waals surface area contributed by atoms with Crippen molar-refractivity contribution in [2.75, 3.05) is 13.7 Å². The highest BCUT2D eigenvalue weighted by Gasteiger charge is 2.10. The summed E-state index contributed by atoms with van der Waals surface area (Å²) in [5.74, 6) is 1.23. The number of aromatic nitrogens is 1. The van der Waals surface area contributed by atoms with Crippen molar-refractivity contribution in [1.29, 1.82) is 0 Å². The molecule has 1 heterocycles. The summed E-state index contributed by atoms with van der Waals surface area (Å²) >= 11 is 1.22. The normalized spacial score (nSPS) is 10.6. The lowest BCUT2D eigenvalue weighted by Crippen LogP contribution is -2.26. The average molecular weight is 364 g/mol. The molecule has 1 aromatic heterocycles. The second-order valence-electron chi connectivity index (χ2n) is 5.61. The topological polar surface area (TPSA) is 69.6 Å². The maximum absolute atomic E-state index is 12.1. The minimum absolute atomic E-state index is 0.0148. The lowest BCUT2D eigenvalue weighted by molar-refractivity contribution is -0.121. The monoisotopic (exact) mass is 364 g/mol. The van der Waals surface area contributed by atoms with E-state index in [9.17, 15) is 9.59 Å². The Hall–Kier alpha value is -2.28. The van der Waals surface area contributed by atoms with Crippen LogP contribution in [-0.4, -0.2) is 24.2 Å². The Balaban J connectivity index is 1.90. The molecule has 1 N–H and O–H groups in total. The predicted octanol–water partition coefficient (Wildman–Crippen LogP) is 2.64. The number of rotatable bonds is 8. The van der Waals surface area contributed by atoms with Crippen LogP contribution in [0.15, 0.2) is 23.0 Å². The van der Waals surface area contributed by atoms with Crippen molar-refractivity contribution in [3.63, 3.8) is 0 Å². The molecule has 0 atom stereocenters. The maximum atomic E-state index is 12.1. The predicted molar refractivity (Wildman–Crippen MR) is 98.7 cm³/mol. The third kappa shape index (κ3) is 4.85. The Morgan fingerprint density at radius 2 is 2.04 bits per heavy atom. The summed E-state index contributed by atoms with van der Waals surface area (Å²) in [4.78, 5) is 24.9. The smallest absolute Gasteiger partial charge is 0.307 e. The third-order valence-corrected chi connectivity index (χ3v) is 4.95. The van der Waals surface area contributed by atoms with Crippen molar-refractivity contribution in [2.45, 2.75) is 40.3 Å². The minimum Gasteiger partial charge on any atom is -0.493 e. The van der Waals surface area contributed by atoms with Crippen LogP contribution in [0.25, 0.3) is 0 Å². The highest BCUT2D eigenvalue weighted by atomic mass is 32.1. The molecule has 0 fully saturated rings. The summed E-state index contributed by atoms with van der Waals surface area (Å²) in [6.07, 6.45) is 0.269. The van der Waals surface area contributed by atoms with Crippen LogP contribution < -0.4 is 19.7 Å². The standard InChI is InChI=1S/C18H24N2O4S/c1-5-24-15-7-6-14(10-16(15)23-4)11-19-17(21)8-9-20-12(2)13(3)25-18(20)22/h6-7,10H,5,8-9,11H2,1-4H3,(H,19,21). The molecule has 0 saturated heterocycles. The molecule has 0 aliphatic heterocycles. The zero-order chi connectivity index (χ0) is 18.4. The van der Waals surface area contributed by atoms with Gasteiger partial charge in [0.05, 0.1) is 13.7 Å². The van der Waals surface area contributed by atoms with Crippen molar-refractivity contribution < 1.29 is 14.3 Å². The summed E-state index contributed by atoms with van der Waals surface area (Å²) in [7, 11) is 1.59. The molecule has 0 spiro atoms. The number of aryl methyl sites for hydroxylation is 1. The van der Waals surface area contributed by atoms with Crippen LogP contribution in [0.5, 0.6) is 11.5 Å². The lowest BCUT2D eigenvalue weighted by Gasteiger charge is -2.12. The molecule has 7 heteroatoms. The first-order chi connectivity index (χ1) is 12.0. The molecule has 0 saturated carbocycles. The van der Waals surface area contributed by atoms with Crippen LogP contribution in [0.3, 0.4) is 0 Å². The molecule has 6 nitrogen and oxygen atoms in total. The summed E-state index contributed by atoms with van der Waals surface area (Å²) in [6, 6.07) is 5.58. The second-order valence-corrected chi connectivity index (χ2v) is 6.77. The first-order valence-electron chi connectivity index (χ1n) is 8.19. The number of hydrogen-bond donors (Lipinski definition) is 1. The van der Waals surface area contributed by atoms with Gasteiger partial charge in [0.15, 0.2) is 11.5 Å². The fraction of sp³-hybridized carbons (Fsp3) is 0.444. The van der Waals surface area contributed by atoms with Gasteiger partial charge in [0.1, 0.15) is 0 Å². The Labute approximate surface area is 151 Å². The Morgan fingerprint density at radius 1 is 1.28 bits per heavy atom. The lowest BCUT2D eigenvalue weighted by atomic mass is 10.2. The van der Waals surface area contributed by atoms with E-state index in [1.165, 1.54) is 11.3 Å². The van der Waals surface area contributed by atoms with Crippen molar-refractivity contribution in [2.24, 2.45) is 0 Å². The number of benzene rings is 1. The summed E-state index contributed by atoms with van der Waals surface area (Å²) in [5.41, 5.74) is 1.85. The maximum Gasteiger partial charge on any atom is 0.307 e. The van der Waals surface area contributed by atoms with E-state index in [-0.39, 0.29) is 17.2 Å². The van der Waals surface area contributed by atoms with Gasteiger partial charge in [0.25, 0.3) is 0 Å². The quantitative estimate of drug-likeness (QED) is 0.782. The summed E-state index contributed by atoms with van der Waals surface area (Å²) in [5, 5.41) is 2.87.